The van der Waals surface area contributed by atoms with Crippen molar-refractivity contribution in [2.75, 3.05) is 0 Å². The van der Waals surface area contributed by atoms with Gasteiger partial charge in [0.05, 0.1) is 17.9 Å². The lowest BCUT2D eigenvalue weighted by molar-refractivity contribution is 0.570. The van der Waals surface area contributed by atoms with Crippen LogP contribution < -0.4 is 4.72 Å². The lowest BCUT2D eigenvalue weighted by atomic mass is 10.4. The summed E-state index contributed by atoms with van der Waals surface area (Å²) in [5.41, 5.74) is 1.33. The van der Waals surface area contributed by atoms with Crippen molar-refractivity contribution in [2.45, 2.75) is 45.3 Å². The van der Waals surface area contributed by atoms with E-state index in [0.29, 0.717) is 18.8 Å². The van der Waals surface area contributed by atoms with E-state index in [2.05, 4.69) is 14.9 Å². The molecule has 2 aromatic rings. The van der Waals surface area contributed by atoms with E-state index >= 15 is 0 Å². The molecule has 0 saturated carbocycles. The van der Waals surface area contributed by atoms with Gasteiger partial charge in [0.15, 0.2) is 0 Å². The SMILES string of the molecule is CCn1cc(S(=O)(=O)NCc2ccnn2CC)c(C)n1. The molecular formula is C12H19N5O2S. The van der Waals surface area contributed by atoms with Crippen LogP contribution in [0.25, 0.3) is 0 Å². The number of sulfonamides is 1. The van der Waals surface area contributed by atoms with Crippen LogP contribution in [0.3, 0.4) is 0 Å². The maximum absolute atomic E-state index is 12.3. The summed E-state index contributed by atoms with van der Waals surface area (Å²) in [6.07, 6.45) is 3.21. The smallest absolute Gasteiger partial charge is 0.244 e. The molecule has 2 aromatic heterocycles. The van der Waals surface area contributed by atoms with Crippen LogP contribution in [0.15, 0.2) is 23.4 Å². The molecule has 0 aliphatic heterocycles. The molecule has 0 fully saturated rings. The summed E-state index contributed by atoms with van der Waals surface area (Å²) in [7, 11) is -3.56. The number of hydrogen-bond donors (Lipinski definition) is 1. The van der Waals surface area contributed by atoms with Crippen LogP contribution in [0.1, 0.15) is 25.2 Å². The molecule has 0 radical (unpaired) electrons. The summed E-state index contributed by atoms with van der Waals surface area (Å²) in [6.45, 7) is 7.12. The highest BCUT2D eigenvalue weighted by Gasteiger charge is 2.20. The van der Waals surface area contributed by atoms with E-state index in [0.717, 1.165) is 5.69 Å². The van der Waals surface area contributed by atoms with E-state index < -0.39 is 10.0 Å². The zero-order valence-corrected chi connectivity index (χ0v) is 12.7. The third-order valence-electron chi connectivity index (χ3n) is 3.06. The van der Waals surface area contributed by atoms with E-state index in [1.54, 1.807) is 34.7 Å². The number of hydrogen-bond acceptors (Lipinski definition) is 4. The van der Waals surface area contributed by atoms with Crippen molar-refractivity contribution in [1.82, 2.24) is 24.3 Å². The highest BCUT2D eigenvalue weighted by molar-refractivity contribution is 7.89. The minimum absolute atomic E-state index is 0.215. The first-order chi connectivity index (χ1) is 9.47. The van der Waals surface area contributed by atoms with Gasteiger partial charge in [-0.2, -0.15) is 10.2 Å². The molecule has 0 amide bonds. The standard InChI is InChI=1S/C12H19N5O2S/c1-4-16-9-12(10(3)15-16)20(18,19)14-8-11-6-7-13-17(11)5-2/h6-7,9,14H,4-5,8H2,1-3H3. The minimum Gasteiger partial charge on any atom is -0.271 e. The third-order valence-corrected chi connectivity index (χ3v) is 4.57. The van der Waals surface area contributed by atoms with Crippen molar-refractivity contribution >= 4 is 10.0 Å². The summed E-state index contributed by atoms with van der Waals surface area (Å²) in [6, 6.07) is 1.80. The topological polar surface area (TPSA) is 81.8 Å². The summed E-state index contributed by atoms with van der Waals surface area (Å²) in [4.78, 5) is 0.224. The van der Waals surface area contributed by atoms with Crippen LogP contribution >= 0.6 is 0 Å². The van der Waals surface area contributed by atoms with Gasteiger partial charge in [0.1, 0.15) is 4.90 Å². The fourth-order valence-electron chi connectivity index (χ4n) is 1.97. The molecule has 0 spiro atoms. The molecule has 1 N–H and O–H groups in total. The molecule has 0 atom stereocenters. The highest BCUT2D eigenvalue weighted by Crippen LogP contribution is 2.13. The normalized spacial score (nSPS) is 11.9. The molecule has 20 heavy (non-hydrogen) atoms. The third kappa shape index (κ3) is 2.91. The second-order valence-electron chi connectivity index (χ2n) is 4.40. The van der Waals surface area contributed by atoms with Gasteiger partial charge in [-0.1, -0.05) is 0 Å². The summed E-state index contributed by atoms with van der Waals surface area (Å²) in [5.74, 6) is 0. The predicted octanol–water partition coefficient (Wildman–Crippen LogP) is 0.906. The summed E-state index contributed by atoms with van der Waals surface area (Å²) in [5, 5.41) is 8.26. The van der Waals surface area contributed by atoms with Gasteiger partial charge in [0.25, 0.3) is 0 Å². The molecule has 7 nitrogen and oxygen atoms in total. The van der Waals surface area contributed by atoms with E-state index in [4.69, 9.17) is 0 Å². The lowest BCUT2D eigenvalue weighted by Crippen LogP contribution is -2.25. The molecule has 0 bridgehead atoms. The number of nitrogens with one attached hydrogen (secondary N) is 1. The maximum Gasteiger partial charge on any atom is 0.244 e. The Bertz CT molecular complexity index is 687. The molecule has 0 aliphatic rings. The van der Waals surface area contributed by atoms with Gasteiger partial charge < -0.3 is 0 Å². The largest absolute Gasteiger partial charge is 0.271 e. The van der Waals surface area contributed by atoms with Gasteiger partial charge >= 0.3 is 0 Å². The maximum atomic E-state index is 12.3. The molecule has 0 unspecified atom stereocenters. The van der Waals surface area contributed by atoms with Crippen LogP contribution in [0.2, 0.25) is 0 Å². The number of aromatic nitrogens is 4. The Balaban J connectivity index is 2.17. The van der Waals surface area contributed by atoms with Crippen LogP contribution in [-0.4, -0.2) is 28.0 Å². The second kappa shape index (κ2) is 5.76. The lowest BCUT2D eigenvalue weighted by Gasteiger charge is -2.07. The second-order valence-corrected chi connectivity index (χ2v) is 6.13. The monoisotopic (exact) mass is 297 g/mol. The van der Waals surface area contributed by atoms with Crippen LogP contribution in [-0.2, 0) is 29.7 Å². The molecular weight excluding hydrogens is 278 g/mol. The molecule has 2 rings (SSSR count). The van der Waals surface area contributed by atoms with Crippen molar-refractivity contribution < 1.29 is 8.42 Å². The fraction of sp³-hybridized carbons (Fsp3) is 0.500. The van der Waals surface area contributed by atoms with E-state index in [1.165, 1.54) is 0 Å². The van der Waals surface area contributed by atoms with E-state index in [1.807, 2.05) is 13.8 Å². The number of rotatable bonds is 6. The van der Waals surface area contributed by atoms with Crippen LogP contribution in [0.4, 0.5) is 0 Å². The Morgan fingerprint density at radius 3 is 2.65 bits per heavy atom. The Morgan fingerprint density at radius 2 is 2.05 bits per heavy atom. The van der Waals surface area contributed by atoms with Crippen molar-refractivity contribution in [3.8, 4) is 0 Å². The first-order valence-corrected chi connectivity index (χ1v) is 8.00. The van der Waals surface area contributed by atoms with E-state index in [-0.39, 0.29) is 11.4 Å². The van der Waals surface area contributed by atoms with Crippen molar-refractivity contribution in [2.24, 2.45) is 0 Å². The molecule has 2 heterocycles. The van der Waals surface area contributed by atoms with Gasteiger partial charge in [-0.05, 0) is 26.8 Å². The zero-order valence-electron chi connectivity index (χ0n) is 11.9. The number of nitrogens with zero attached hydrogens (tertiary/aromatic N) is 4. The van der Waals surface area contributed by atoms with E-state index in [9.17, 15) is 8.42 Å². The zero-order chi connectivity index (χ0) is 14.8. The van der Waals surface area contributed by atoms with Gasteiger partial charge in [-0.3, -0.25) is 9.36 Å². The summed E-state index contributed by atoms with van der Waals surface area (Å²) >= 11 is 0. The van der Waals surface area contributed by atoms with Gasteiger partial charge in [0, 0.05) is 25.5 Å². The van der Waals surface area contributed by atoms with Crippen LogP contribution in [0.5, 0.6) is 0 Å². The first kappa shape index (κ1) is 14.7. The minimum atomic E-state index is -3.56. The number of aryl methyl sites for hydroxylation is 3. The van der Waals surface area contributed by atoms with Crippen LogP contribution in [0, 0.1) is 6.92 Å². The van der Waals surface area contributed by atoms with Gasteiger partial charge in [-0.25, -0.2) is 13.1 Å². The fourth-order valence-corrected chi connectivity index (χ4v) is 3.15. The molecule has 0 aliphatic carbocycles. The van der Waals surface area contributed by atoms with Gasteiger partial charge in [0.2, 0.25) is 10.0 Å². The Labute approximate surface area is 118 Å². The Morgan fingerprint density at radius 1 is 1.30 bits per heavy atom. The molecule has 110 valence electrons. The molecule has 8 heteroatoms. The predicted molar refractivity (Wildman–Crippen MR) is 74.6 cm³/mol. The van der Waals surface area contributed by atoms with Crippen molar-refractivity contribution in [1.29, 1.82) is 0 Å². The quantitative estimate of drug-likeness (QED) is 0.859. The molecule has 0 aromatic carbocycles. The summed E-state index contributed by atoms with van der Waals surface area (Å²) < 4.78 is 30.5. The average molecular weight is 297 g/mol. The Hall–Kier alpha value is -1.67. The molecule has 0 saturated heterocycles. The van der Waals surface area contributed by atoms with Crippen molar-refractivity contribution in [3.63, 3.8) is 0 Å². The first-order valence-electron chi connectivity index (χ1n) is 6.52. The Kier molecular flexibility index (Phi) is 4.24. The highest BCUT2D eigenvalue weighted by atomic mass is 32.2. The van der Waals surface area contributed by atoms with Crippen molar-refractivity contribution in [3.05, 3.63) is 29.8 Å². The average Bonchev–Trinajstić information content (AvgIpc) is 3.02. The van der Waals surface area contributed by atoms with Gasteiger partial charge in [-0.15, -0.1) is 0 Å².